The predicted octanol–water partition coefficient (Wildman–Crippen LogP) is 2.78. The summed E-state index contributed by atoms with van der Waals surface area (Å²) >= 11 is 6.20. The van der Waals surface area contributed by atoms with Gasteiger partial charge in [-0.1, -0.05) is 18.5 Å². The van der Waals surface area contributed by atoms with Gasteiger partial charge >= 0.3 is 0 Å². The molecule has 152 valence electrons. The maximum Gasteiger partial charge on any atom is 0.232 e. The van der Waals surface area contributed by atoms with Gasteiger partial charge in [0.25, 0.3) is 0 Å². The van der Waals surface area contributed by atoms with Crippen molar-refractivity contribution in [1.29, 1.82) is 5.41 Å². The number of hydrogen-bond donors (Lipinski definition) is 3. The minimum atomic E-state index is -3.62. The van der Waals surface area contributed by atoms with E-state index in [4.69, 9.17) is 27.6 Å². The molecule has 0 aliphatic heterocycles. The first-order chi connectivity index (χ1) is 13.2. The van der Waals surface area contributed by atoms with Crippen LogP contribution in [0.4, 0.5) is 15.8 Å². The number of rotatable bonds is 9. The molecule has 8 nitrogen and oxygen atoms in total. The van der Waals surface area contributed by atoms with Gasteiger partial charge in [0.2, 0.25) is 10.0 Å². The molecule has 0 aliphatic rings. The molecule has 1 aromatic heterocycles. The number of methoxy groups -OCH3 is 1. The van der Waals surface area contributed by atoms with Crippen molar-refractivity contribution in [2.45, 2.75) is 13.3 Å². The van der Waals surface area contributed by atoms with Crippen LogP contribution in [-0.4, -0.2) is 38.5 Å². The molecule has 0 unspecified atom stereocenters. The first kappa shape index (κ1) is 21.9. The molecule has 0 bridgehead atoms. The zero-order valence-corrected chi connectivity index (χ0v) is 16.9. The van der Waals surface area contributed by atoms with Crippen LogP contribution in [0.5, 0.6) is 5.75 Å². The lowest BCUT2D eigenvalue weighted by Gasteiger charge is -2.22. The Morgan fingerprint density at radius 1 is 1.43 bits per heavy atom. The molecule has 2 aromatic rings. The number of anilines is 2. The van der Waals surface area contributed by atoms with Crippen LogP contribution in [0.1, 0.15) is 18.9 Å². The molecule has 0 spiro atoms. The maximum absolute atomic E-state index is 14.3. The predicted molar refractivity (Wildman–Crippen MR) is 108 cm³/mol. The Morgan fingerprint density at radius 2 is 2.14 bits per heavy atom. The van der Waals surface area contributed by atoms with E-state index in [1.54, 1.807) is 13.0 Å². The highest BCUT2D eigenvalue weighted by Gasteiger charge is 2.20. The SMILES string of the molecule is CCCS(=O)(=O)Nc1ccc(F)c(N(N)CC(=N)c2cncc(OC)c2)c1Cl. The van der Waals surface area contributed by atoms with Crippen LogP contribution in [0.15, 0.2) is 30.6 Å². The summed E-state index contributed by atoms with van der Waals surface area (Å²) < 4.78 is 45.7. The smallest absolute Gasteiger partial charge is 0.232 e. The standard InChI is InChI=1S/C17H21ClFN5O3S/c1-3-6-28(25,26)23-15-5-4-13(19)17(16(15)18)24(21)10-14(20)11-7-12(27-2)9-22-8-11/h4-5,7-9,20,23H,3,6,10,21H2,1-2H3. The lowest BCUT2D eigenvalue weighted by molar-refractivity contribution is 0.413. The Labute approximate surface area is 168 Å². The number of pyridine rings is 1. The number of nitrogens with zero attached hydrogens (tertiary/aromatic N) is 2. The molecule has 28 heavy (non-hydrogen) atoms. The number of hydrogen-bond acceptors (Lipinski definition) is 7. The molecule has 0 aliphatic carbocycles. The quantitative estimate of drug-likeness (QED) is 0.320. The third-order valence-corrected chi connectivity index (χ3v) is 5.58. The average molecular weight is 430 g/mol. The summed E-state index contributed by atoms with van der Waals surface area (Å²) in [5.74, 6) is 5.55. The van der Waals surface area contributed by atoms with Crippen molar-refractivity contribution in [1.82, 2.24) is 4.98 Å². The number of hydrazine groups is 1. The van der Waals surface area contributed by atoms with Gasteiger partial charge in [0, 0.05) is 11.8 Å². The fourth-order valence-electron chi connectivity index (χ4n) is 2.41. The lowest BCUT2D eigenvalue weighted by atomic mass is 10.1. The topological polar surface area (TPSA) is 121 Å². The van der Waals surface area contributed by atoms with E-state index in [2.05, 4.69) is 9.71 Å². The van der Waals surface area contributed by atoms with Crippen LogP contribution in [0.3, 0.4) is 0 Å². The van der Waals surface area contributed by atoms with Gasteiger partial charge in [-0.25, -0.2) is 18.7 Å². The second-order valence-corrected chi connectivity index (χ2v) is 8.12. The number of sulfonamides is 1. The zero-order chi connectivity index (χ0) is 20.9. The largest absolute Gasteiger partial charge is 0.495 e. The van der Waals surface area contributed by atoms with Crippen LogP contribution in [0, 0.1) is 11.2 Å². The maximum atomic E-state index is 14.3. The molecular weight excluding hydrogens is 409 g/mol. The summed E-state index contributed by atoms with van der Waals surface area (Å²) in [6, 6.07) is 3.87. The molecule has 2 rings (SSSR count). The van der Waals surface area contributed by atoms with Crippen LogP contribution < -0.4 is 20.3 Å². The number of nitrogens with two attached hydrogens (primary N) is 1. The van der Waals surface area contributed by atoms with Crippen LogP contribution in [0.25, 0.3) is 0 Å². The zero-order valence-electron chi connectivity index (χ0n) is 15.4. The summed E-state index contributed by atoms with van der Waals surface area (Å²) in [5, 5.41) is 8.93. The molecule has 0 saturated heterocycles. The summed E-state index contributed by atoms with van der Waals surface area (Å²) in [6.07, 6.45) is 3.35. The van der Waals surface area contributed by atoms with E-state index < -0.39 is 15.8 Å². The summed E-state index contributed by atoms with van der Waals surface area (Å²) in [4.78, 5) is 3.96. The molecule has 0 fully saturated rings. The highest BCUT2D eigenvalue weighted by molar-refractivity contribution is 7.92. The van der Waals surface area contributed by atoms with Crippen molar-refractivity contribution in [3.63, 3.8) is 0 Å². The van der Waals surface area contributed by atoms with E-state index in [1.807, 2.05) is 0 Å². The number of aromatic nitrogens is 1. The van der Waals surface area contributed by atoms with E-state index in [1.165, 1.54) is 25.6 Å². The van der Waals surface area contributed by atoms with E-state index >= 15 is 0 Å². The van der Waals surface area contributed by atoms with E-state index in [9.17, 15) is 12.8 Å². The highest BCUT2D eigenvalue weighted by atomic mass is 35.5. The monoisotopic (exact) mass is 429 g/mol. The normalized spacial score (nSPS) is 11.2. The molecule has 4 N–H and O–H groups in total. The highest BCUT2D eigenvalue weighted by Crippen LogP contribution is 2.35. The molecule has 0 amide bonds. The van der Waals surface area contributed by atoms with E-state index in [0.717, 1.165) is 11.1 Å². The van der Waals surface area contributed by atoms with Gasteiger partial charge < -0.3 is 15.2 Å². The Hall–Kier alpha value is -2.43. The van der Waals surface area contributed by atoms with Gasteiger partial charge in [-0.05, 0) is 24.6 Å². The van der Waals surface area contributed by atoms with E-state index in [0.29, 0.717) is 17.7 Å². The van der Waals surface area contributed by atoms with Crippen molar-refractivity contribution in [2.24, 2.45) is 5.84 Å². The number of ether oxygens (including phenoxy) is 1. The second kappa shape index (κ2) is 9.18. The second-order valence-electron chi connectivity index (χ2n) is 5.90. The van der Waals surface area contributed by atoms with Crippen molar-refractivity contribution < 1.29 is 17.5 Å². The molecular formula is C17H21ClFN5O3S. The Kier molecular flexibility index (Phi) is 7.17. The number of benzene rings is 1. The van der Waals surface area contributed by atoms with Gasteiger partial charge in [0.1, 0.15) is 17.3 Å². The fraction of sp³-hybridized carbons (Fsp3) is 0.294. The molecule has 0 saturated carbocycles. The van der Waals surface area contributed by atoms with Gasteiger partial charge in [-0.2, -0.15) is 0 Å². The molecule has 1 heterocycles. The third kappa shape index (κ3) is 5.31. The fourth-order valence-corrected chi connectivity index (χ4v) is 3.92. The van der Waals surface area contributed by atoms with Gasteiger partial charge in [-0.15, -0.1) is 0 Å². The van der Waals surface area contributed by atoms with Crippen LogP contribution >= 0.6 is 11.6 Å². The summed E-state index contributed by atoms with van der Waals surface area (Å²) in [5.41, 5.74) is 0.267. The third-order valence-electron chi connectivity index (χ3n) is 3.72. The summed E-state index contributed by atoms with van der Waals surface area (Å²) in [6.45, 7) is 1.52. The molecule has 0 radical (unpaired) electrons. The number of halogens is 2. The number of nitrogens with one attached hydrogen (secondary N) is 2. The van der Waals surface area contributed by atoms with Gasteiger partial charge in [0.05, 0.1) is 42.0 Å². The minimum absolute atomic E-state index is 0.0107. The molecule has 0 atom stereocenters. The first-order valence-corrected chi connectivity index (χ1v) is 10.3. The lowest BCUT2D eigenvalue weighted by Crippen LogP contribution is -2.37. The van der Waals surface area contributed by atoms with Crippen LogP contribution in [0.2, 0.25) is 5.02 Å². The Morgan fingerprint density at radius 3 is 2.79 bits per heavy atom. The minimum Gasteiger partial charge on any atom is -0.495 e. The van der Waals surface area contributed by atoms with Crippen molar-refractivity contribution in [2.75, 3.05) is 29.1 Å². The summed E-state index contributed by atoms with van der Waals surface area (Å²) in [7, 11) is -2.14. The van der Waals surface area contributed by atoms with Crippen molar-refractivity contribution in [3.8, 4) is 5.75 Å². The van der Waals surface area contributed by atoms with Gasteiger partial charge in [-0.3, -0.25) is 9.71 Å². The molecule has 11 heteroatoms. The van der Waals surface area contributed by atoms with Crippen LogP contribution in [-0.2, 0) is 10.0 Å². The first-order valence-electron chi connectivity index (χ1n) is 8.26. The molecule has 1 aromatic carbocycles. The Bertz CT molecular complexity index is 971. The Balaban J connectivity index is 2.28. The van der Waals surface area contributed by atoms with Crippen molar-refractivity contribution in [3.05, 3.63) is 47.0 Å². The van der Waals surface area contributed by atoms with Crippen molar-refractivity contribution >= 4 is 38.7 Å². The van der Waals surface area contributed by atoms with Gasteiger partial charge in [0.15, 0.2) is 0 Å². The average Bonchev–Trinajstić information content (AvgIpc) is 2.64. The van der Waals surface area contributed by atoms with E-state index in [-0.39, 0.29) is 34.4 Å².